The van der Waals surface area contributed by atoms with Gasteiger partial charge in [0.15, 0.2) is 0 Å². The SMILES string of the molecule is CC(O)C1CCN(c2cc3nc[nH]c(=O)c3cc2N)C1. The summed E-state index contributed by atoms with van der Waals surface area (Å²) < 4.78 is 0. The first-order chi connectivity index (χ1) is 9.56. The molecule has 0 spiro atoms. The normalized spacial score (nSPS) is 20.5. The Morgan fingerprint density at radius 1 is 1.55 bits per heavy atom. The molecule has 0 amide bonds. The molecule has 1 fully saturated rings. The van der Waals surface area contributed by atoms with E-state index in [1.54, 1.807) is 6.07 Å². The predicted molar refractivity (Wildman–Crippen MR) is 78.8 cm³/mol. The first-order valence-electron chi connectivity index (χ1n) is 6.76. The van der Waals surface area contributed by atoms with Crippen molar-refractivity contribution in [2.45, 2.75) is 19.4 Å². The second-order valence-corrected chi connectivity index (χ2v) is 5.40. The summed E-state index contributed by atoms with van der Waals surface area (Å²) in [6.45, 7) is 3.45. The van der Waals surface area contributed by atoms with Crippen LogP contribution in [0.3, 0.4) is 0 Å². The predicted octanol–water partition coefficient (Wildman–Crippen LogP) is 0.712. The zero-order valence-corrected chi connectivity index (χ0v) is 11.3. The number of hydrogen-bond acceptors (Lipinski definition) is 5. The molecule has 0 saturated carbocycles. The number of aliphatic hydroxyl groups is 1. The smallest absolute Gasteiger partial charge is 0.258 e. The average Bonchev–Trinajstić information content (AvgIpc) is 2.89. The Morgan fingerprint density at radius 3 is 3.05 bits per heavy atom. The number of nitrogens with zero attached hydrogens (tertiary/aromatic N) is 2. The van der Waals surface area contributed by atoms with Crippen LogP contribution in [-0.2, 0) is 0 Å². The molecule has 1 aliphatic rings. The number of nitrogen functional groups attached to an aromatic ring is 1. The van der Waals surface area contributed by atoms with Gasteiger partial charge in [0.2, 0.25) is 0 Å². The average molecular weight is 274 g/mol. The Hall–Kier alpha value is -2.08. The summed E-state index contributed by atoms with van der Waals surface area (Å²) in [6, 6.07) is 3.52. The summed E-state index contributed by atoms with van der Waals surface area (Å²) in [5, 5.41) is 10.2. The first kappa shape index (κ1) is 12.9. The fourth-order valence-corrected chi connectivity index (χ4v) is 2.79. The Kier molecular flexibility index (Phi) is 3.10. The molecule has 1 aliphatic heterocycles. The van der Waals surface area contributed by atoms with Gasteiger partial charge in [-0.05, 0) is 25.5 Å². The number of H-pyrrole nitrogens is 1. The highest BCUT2D eigenvalue weighted by Gasteiger charge is 2.27. The molecule has 2 atom stereocenters. The number of aliphatic hydroxyl groups excluding tert-OH is 1. The minimum Gasteiger partial charge on any atom is -0.397 e. The lowest BCUT2D eigenvalue weighted by Gasteiger charge is -2.21. The van der Waals surface area contributed by atoms with Crippen LogP contribution in [0.25, 0.3) is 10.9 Å². The van der Waals surface area contributed by atoms with Gasteiger partial charge < -0.3 is 20.7 Å². The maximum Gasteiger partial charge on any atom is 0.258 e. The molecule has 6 nitrogen and oxygen atoms in total. The topological polar surface area (TPSA) is 95.2 Å². The number of aromatic nitrogens is 2. The van der Waals surface area contributed by atoms with Gasteiger partial charge in [-0.2, -0.15) is 0 Å². The Labute approximate surface area is 116 Å². The van der Waals surface area contributed by atoms with Crippen LogP contribution in [0.1, 0.15) is 13.3 Å². The van der Waals surface area contributed by atoms with E-state index in [9.17, 15) is 9.90 Å². The van der Waals surface area contributed by atoms with Crippen LogP contribution in [0.2, 0.25) is 0 Å². The van der Waals surface area contributed by atoms with Crippen molar-refractivity contribution in [2.24, 2.45) is 5.92 Å². The van der Waals surface area contributed by atoms with Gasteiger partial charge in [-0.25, -0.2) is 4.98 Å². The fourth-order valence-electron chi connectivity index (χ4n) is 2.79. The van der Waals surface area contributed by atoms with Crippen LogP contribution >= 0.6 is 0 Å². The minimum absolute atomic E-state index is 0.184. The third-order valence-corrected chi connectivity index (χ3v) is 4.04. The summed E-state index contributed by atoms with van der Waals surface area (Å²) in [7, 11) is 0. The Bertz CT molecular complexity index is 695. The van der Waals surface area contributed by atoms with E-state index in [0.717, 1.165) is 25.2 Å². The van der Waals surface area contributed by atoms with Crippen LogP contribution in [0.5, 0.6) is 0 Å². The molecule has 106 valence electrons. The van der Waals surface area contributed by atoms with Crippen LogP contribution < -0.4 is 16.2 Å². The van der Waals surface area contributed by atoms with E-state index in [-0.39, 0.29) is 17.6 Å². The van der Waals surface area contributed by atoms with Gasteiger partial charge >= 0.3 is 0 Å². The number of nitrogens with two attached hydrogens (primary N) is 1. The summed E-state index contributed by atoms with van der Waals surface area (Å²) in [5.74, 6) is 0.261. The zero-order chi connectivity index (χ0) is 14.3. The van der Waals surface area contributed by atoms with Gasteiger partial charge in [-0.3, -0.25) is 4.79 Å². The van der Waals surface area contributed by atoms with Crippen molar-refractivity contribution in [1.29, 1.82) is 0 Å². The van der Waals surface area contributed by atoms with Crippen molar-refractivity contribution in [1.82, 2.24) is 9.97 Å². The van der Waals surface area contributed by atoms with Crippen LogP contribution in [0, 0.1) is 5.92 Å². The standard InChI is InChI=1S/C14H18N4O2/c1-8(19)9-2-3-18(6-9)13-5-12-10(4-11(13)15)14(20)17-7-16-12/h4-5,7-9,19H,2-3,6,15H2,1H3,(H,16,17,20). The molecule has 1 saturated heterocycles. The highest BCUT2D eigenvalue weighted by atomic mass is 16.3. The van der Waals surface area contributed by atoms with E-state index < -0.39 is 0 Å². The lowest BCUT2D eigenvalue weighted by Crippen LogP contribution is -2.24. The van der Waals surface area contributed by atoms with Crippen molar-refractivity contribution >= 4 is 22.3 Å². The molecule has 2 heterocycles. The molecule has 1 aromatic carbocycles. The van der Waals surface area contributed by atoms with Crippen molar-refractivity contribution < 1.29 is 5.11 Å². The van der Waals surface area contributed by atoms with Crippen molar-refractivity contribution in [2.75, 3.05) is 23.7 Å². The minimum atomic E-state index is -0.317. The van der Waals surface area contributed by atoms with Gasteiger partial charge in [0.25, 0.3) is 5.56 Å². The Morgan fingerprint density at radius 2 is 2.35 bits per heavy atom. The quantitative estimate of drug-likeness (QED) is 0.701. The number of fused-ring (bicyclic) bond motifs is 1. The van der Waals surface area contributed by atoms with E-state index in [4.69, 9.17) is 5.73 Å². The van der Waals surface area contributed by atoms with E-state index in [2.05, 4.69) is 14.9 Å². The molecule has 20 heavy (non-hydrogen) atoms. The van der Waals surface area contributed by atoms with Crippen LogP contribution in [-0.4, -0.2) is 34.3 Å². The molecule has 0 aliphatic carbocycles. The van der Waals surface area contributed by atoms with Gasteiger partial charge in [0.1, 0.15) is 0 Å². The van der Waals surface area contributed by atoms with Gasteiger partial charge in [0, 0.05) is 19.0 Å². The molecule has 2 unspecified atom stereocenters. The molecule has 6 heteroatoms. The molecule has 1 aromatic heterocycles. The maximum absolute atomic E-state index is 11.7. The molecule has 4 N–H and O–H groups in total. The van der Waals surface area contributed by atoms with E-state index in [1.165, 1.54) is 6.33 Å². The van der Waals surface area contributed by atoms with Crippen LogP contribution in [0.15, 0.2) is 23.3 Å². The van der Waals surface area contributed by atoms with Crippen molar-refractivity contribution in [3.8, 4) is 0 Å². The number of anilines is 2. The molecular weight excluding hydrogens is 256 g/mol. The number of nitrogens with one attached hydrogen (secondary N) is 1. The summed E-state index contributed by atoms with van der Waals surface area (Å²) in [5.41, 5.74) is 7.99. The van der Waals surface area contributed by atoms with Crippen molar-refractivity contribution in [3.63, 3.8) is 0 Å². The van der Waals surface area contributed by atoms with Gasteiger partial charge in [0.05, 0.1) is 34.7 Å². The summed E-state index contributed by atoms with van der Waals surface area (Å²) in [4.78, 5) is 20.6. The number of aromatic amines is 1. The zero-order valence-electron chi connectivity index (χ0n) is 11.3. The third kappa shape index (κ3) is 2.12. The highest BCUT2D eigenvalue weighted by Crippen LogP contribution is 2.32. The van der Waals surface area contributed by atoms with E-state index >= 15 is 0 Å². The number of benzene rings is 1. The summed E-state index contributed by atoms with van der Waals surface area (Å²) in [6.07, 6.45) is 2.02. The molecule has 0 bridgehead atoms. The Balaban J connectivity index is 2.01. The number of hydrogen-bond donors (Lipinski definition) is 3. The van der Waals surface area contributed by atoms with E-state index in [0.29, 0.717) is 16.6 Å². The summed E-state index contributed by atoms with van der Waals surface area (Å²) >= 11 is 0. The lowest BCUT2D eigenvalue weighted by molar-refractivity contribution is 0.136. The largest absolute Gasteiger partial charge is 0.397 e. The van der Waals surface area contributed by atoms with Crippen LogP contribution in [0.4, 0.5) is 11.4 Å². The molecule has 3 rings (SSSR count). The third-order valence-electron chi connectivity index (χ3n) is 4.04. The van der Waals surface area contributed by atoms with Gasteiger partial charge in [-0.1, -0.05) is 0 Å². The fraction of sp³-hybridized carbons (Fsp3) is 0.429. The van der Waals surface area contributed by atoms with Crippen molar-refractivity contribution in [3.05, 3.63) is 28.8 Å². The monoisotopic (exact) mass is 274 g/mol. The molecular formula is C14H18N4O2. The molecule has 0 radical (unpaired) electrons. The highest BCUT2D eigenvalue weighted by molar-refractivity contribution is 5.88. The van der Waals surface area contributed by atoms with E-state index in [1.807, 2.05) is 13.0 Å². The second-order valence-electron chi connectivity index (χ2n) is 5.40. The number of rotatable bonds is 2. The maximum atomic E-state index is 11.7. The lowest BCUT2D eigenvalue weighted by atomic mass is 10.0. The molecule has 2 aromatic rings. The van der Waals surface area contributed by atoms with Gasteiger partial charge in [-0.15, -0.1) is 0 Å². The second kappa shape index (κ2) is 4.79. The first-order valence-corrected chi connectivity index (χ1v) is 6.76.